The molecule has 5 heteroatoms. The third-order valence-corrected chi connectivity index (χ3v) is 2.25. The third-order valence-electron chi connectivity index (χ3n) is 2.25. The van der Waals surface area contributed by atoms with E-state index < -0.39 is 5.82 Å². The molecule has 0 amide bonds. The van der Waals surface area contributed by atoms with Crippen LogP contribution in [0.15, 0.2) is 36.7 Å². The minimum Gasteiger partial charge on any atom is -0.463 e. The van der Waals surface area contributed by atoms with Gasteiger partial charge in [-0.3, -0.25) is 0 Å². The second-order valence-corrected chi connectivity index (χ2v) is 3.48. The molecule has 2 aromatic rings. The number of anilines is 1. The number of nitrogens with two attached hydrogens (primary N) is 1. The first-order valence-electron chi connectivity index (χ1n) is 5.19. The van der Waals surface area contributed by atoms with Crippen LogP contribution in [0.4, 0.5) is 10.1 Å². The van der Waals surface area contributed by atoms with E-state index in [2.05, 4.69) is 9.97 Å². The number of rotatable bonds is 4. The van der Waals surface area contributed by atoms with E-state index in [4.69, 9.17) is 10.5 Å². The van der Waals surface area contributed by atoms with Crippen LogP contribution in [0.3, 0.4) is 0 Å². The van der Waals surface area contributed by atoms with Crippen molar-refractivity contribution in [3.63, 3.8) is 0 Å². The molecule has 2 rings (SSSR count). The highest BCUT2D eigenvalue weighted by atomic mass is 19.1. The Hall–Kier alpha value is -2.17. The second kappa shape index (κ2) is 5.25. The maximum Gasteiger partial charge on any atom is 0.316 e. The first-order chi connectivity index (χ1) is 8.25. The fraction of sp³-hybridized carbons (Fsp3) is 0.167. The summed E-state index contributed by atoms with van der Waals surface area (Å²) >= 11 is 0. The lowest BCUT2D eigenvalue weighted by molar-refractivity contribution is 0.294. The van der Waals surface area contributed by atoms with Crippen LogP contribution in [-0.4, -0.2) is 16.6 Å². The lowest BCUT2D eigenvalue weighted by atomic mass is 10.1. The number of aromatic nitrogens is 2. The summed E-state index contributed by atoms with van der Waals surface area (Å²) in [6, 6.07) is 7.73. The molecule has 2 N–H and O–H groups in total. The normalized spacial score (nSPS) is 10.2. The summed E-state index contributed by atoms with van der Waals surface area (Å²) in [7, 11) is 0. The fourth-order valence-corrected chi connectivity index (χ4v) is 1.39. The highest BCUT2D eigenvalue weighted by Crippen LogP contribution is 2.11. The van der Waals surface area contributed by atoms with Crippen LogP contribution in [0.2, 0.25) is 0 Å². The van der Waals surface area contributed by atoms with Crippen molar-refractivity contribution in [2.24, 2.45) is 0 Å². The van der Waals surface area contributed by atoms with Crippen molar-refractivity contribution in [3.8, 4) is 6.01 Å². The summed E-state index contributed by atoms with van der Waals surface area (Å²) in [6.07, 6.45) is 2.80. The third kappa shape index (κ3) is 3.14. The smallest absolute Gasteiger partial charge is 0.316 e. The number of hydrogen-bond acceptors (Lipinski definition) is 4. The minimum atomic E-state index is -0.482. The van der Waals surface area contributed by atoms with E-state index >= 15 is 0 Å². The first kappa shape index (κ1) is 11.3. The molecule has 17 heavy (non-hydrogen) atoms. The largest absolute Gasteiger partial charge is 0.463 e. The zero-order chi connectivity index (χ0) is 12.1. The van der Waals surface area contributed by atoms with Crippen molar-refractivity contribution in [1.29, 1.82) is 0 Å². The number of ether oxygens (including phenoxy) is 1. The fourth-order valence-electron chi connectivity index (χ4n) is 1.39. The molecule has 0 fully saturated rings. The summed E-state index contributed by atoms with van der Waals surface area (Å²) in [4.78, 5) is 7.38. The van der Waals surface area contributed by atoms with Crippen LogP contribution in [0.5, 0.6) is 6.01 Å². The van der Waals surface area contributed by atoms with E-state index in [0.717, 1.165) is 23.6 Å². The molecule has 0 aliphatic heterocycles. The first-order valence-corrected chi connectivity index (χ1v) is 5.19. The van der Waals surface area contributed by atoms with Crippen molar-refractivity contribution < 1.29 is 9.13 Å². The van der Waals surface area contributed by atoms with Crippen LogP contribution in [-0.2, 0) is 6.42 Å². The Morgan fingerprint density at radius 1 is 1.18 bits per heavy atom. The number of halogens is 1. The zero-order valence-corrected chi connectivity index (χ0v) is 9.14. The van der Waals surface area contributed by atoms with E-state index in [1.165, 1.54) is 0 Å². The standard InChI is InChI=1S/C12H12FN3O/c13-10-7-15-12(16-8-10)17-6-5-9-3-1-2-4-11(9)14/h1-4,7-8H,5-6,14H2. The number of nitrogens with zero attached hydrogens (tertiary/aromatic N) is 2. The molecular formula is C12H12FN3O. The van der Waals surface area contributed by atoms with Crippen molar-refractivity contribution in [1.82, 2.24) is 9.97 Å². The van der Waals surface area contributed by atoms with Gasteiger partial charge >= 0.3 is 6.01 Å². The molecule has 0 spiro atoms. The predicted octanol–water partition coefficient (Wildman–Crippen LogP) is 1.82. The van der Waals surface area contributed by atoms with Crippen molar-refractivity contribution >= 4 is 5.69 Å². The second-order valence-electron chi connectivity index (χ2n) is 3.48. The van der Waals surface area contributed by atoms with Gasteiger partial charge in [-0.2, -0.15) is 0 Å². The van der Waals surface area contributed by atoms with Crippen LogP contribution < -0.4 is 10.5 Å². The number of benzene rings is 1. The highest BCUT2D eigenvalue weighted by Gasteiger charge is 2.00. The van der Waals surface area contributed by atoms with Gasteiger partial charge in [0.05, 0.1) is 19.0 Å². The molecule has 0 saturated carbocycles. The summed E-state index contributed by atoms with van der Waals surface area (Å²) in [5, 5.41) is 0. The molecule has 0 saturated heterocycles. The quantitative estimate of drug-likeness (QED) is 0.818. The Morgan fingerprint density at radius 2 is 1.88 bits per heavy atom. The Labute approximate surface area is 98.3 Å². The molecule has 4 nitrogen and oxygen atoms in total. The number of nitrogen functional groups attached to an aromatic ring is 1. The lowest BCUT2D eigenvalue weighted by Gasteiger charge is -2.06. The molecule has 0 aliphatic carbocycles. The average Bonchev–Trinajstić information content (AvgIpc) is 2.34. The summed E-state index contributed by atoms with van der Waals surface area (Å²) in [5.41, 5.74) is 7.52. The van der Waals surface area contributed by atoms with Crippen LogP contribution in [0.1, 0.15) is 5.56 Å². The van der Waals surface area contributed by atoms with Gasteiger partial charge in [0.25, 0.3) is 0 Å². The summed E-state index contributed by atoms with van der Waals surface area (Å²) < 4.78 is 17.8. The van der Waals surface area contributed by atoms with Crippen molar-refractivity contribution in [2.45, 2.75) is 6.42 Å². The molecule has 1 aromatic heterocycles. The molecule has 0 radical (unpaired) electrons. The van der Waals surface area contributed by atoms with Gasteiger partial charge in [-0.15, -0.1) is 0 Å². The molecule has 0 bridgehead atoms. The topological polar surface area (TPSA) is 61.0 Å². The molecule has 1 heterocycles. The molecule has 0 atom stereocenters. The summed E-state index contributed by atoms with van der Waals surface area (Å²) in [6.45, 7) is 0.403. The van der Waals surface area contributed by atoms with Crippen LogP contribution in [0, 0.1) is 5.82 Å². The van der Waals surface area contributed by atoms with E-state index in [0.29, 0.717) is 13.0 Å². The number of para-hydroxylation sites is 1. The van der Waals surface area contributed by atoms with E-state index in [9.17, 15) is 4.39 Å². The van der Waals surface area contributed by atoms with E-state index in [-0.39, 0.29) is 6.01 Å². The Morgan fingerprint density at radius 3 is 2.59 bits per heavy atom. The van der Waals surface area contributed by atoms with E-state index in [1.54, 1.807) is 0 Å². The molecular weight excluding hydrogens is 221 g/mol. The highest BCUT2D eigenvalue weighted by molar-refractivity contribution is 5.46. The number of hydrogen-bond donors (Lipinski definition) is 1. The van der Waals surface area contributed by atoms with E-state index in [1.807, 2.05) is 24.3 Å². The Bertz CT molecular complexity index is 487. The van der Waals surface area contributed by atoms with Gasteiger partial charge in [-0.1, -0.05) is 18.2 Å². The van der Waals surface area contributed by atoms with Gasteiger partial charge in [0, 0.05) is 12.1 Å². The van der Waals surface area contributed by atoms with Gasteiger partial charge in [-0.05, 0) is 11.6 Å². The average molecular weight is 233 g/mol. The summed E-state index contributed by atoms with van der Waals surface area (Å²) in [5.74, 6) is -0.482. The Kier molecular flexibility index (Phi) is 3.49. The SMILES string of the molecule is Nc1ccccc1CCOc1ncc(F)cn1. The monoisotopic (exact) mass is 233 g/mol. The predicted molar refractivity (Wildman–Crippen MR) is 62.0 cm³/mol. The van der Waals surface area contributed by atoms with Gasteiger partial charge in [0.15, 0.2) is 5.82 Å². The van der Waals surface area contributed by atoms with Crippen LogP contribution in [0.25, 0.3) is 0 Å². The molecule has 0 aliphatic rings. The maximum absolute atomic E-state index is 12.5. The van der Waals surface area contributed by atoms with Crippen molar-refractivity contribution in [3.05, 3.63) is 48.0 Å². The maximum atomic E-state index is 12.5. The van der Waals surface area contributed by atoms with Gasteiger partial charge < -0.3 is 10.5 Å². The molecule has 88 valence electrons. The Balaban J connectivity index is 1.88. The zero-order valence-electron chi connectivity index (χ0n) is 9.14. The van der Waals surface area contributed by atoms with Crippen LogP contribution >= 0.6 is 0 Å². The molecule has 0 unspecified atom stereocenters. The van der Waals surface area contributed by atoms with Gasteiger partial charge in [0.2, 0.25) is 0 Å². The lowest BCUT2D eigenvalue weighted by Crippen LogP contribution is -2.05. The van der Waals surface area contributed by atoms with Gasteiger partial charge in [0.1, 0.15) is 0 Å². The molecule has 1 aromatic carbocycles. The minimum absolute atomic E-state index is 0.168. The van der Waals surface area contributed by atoms with Gasteiger partial charge in [-0.25, -0.2) is 14.4 Å². The van der Waals surface area contributed by atoms with Crippen molar-refractivity contribution in [2.75, 3.05) is 12.3 Å².